The number of hydrogen-bond acceptors (Lipinski definition) is 6. The Balaban J connectivity index is 1.54. The maximum Gasteiger partial charge on any atom is 0.419 e. The van der Waals surface area contributed by atoms with E-state index in [-0.39, 0.29) is 23.1 Å². The molecule has 0 saturated heterocycles. The van der Waals surface area contributed by atoms with E-state index >= 15 is 0 Å². The fourth-order valence-electron chi connectivity index (χ4n) is 3.27. The summed E-state index contributed by atoms with van der Waals surface area (Å²) in [5.41, 5.74) is 2.15. The molecule has 4 aromatic rings. The number of aryl methyl sites for hydroxylation is 1. The topological polar surface area (TPSA) is 99.2 Å². The fraction of sp³-hybridized carbons (Fsp3) is 0.130. The lowest BCUT2D eigenvalue weighted by atomic mass is 10.2. The maximum absolute atomic E-state index is 12.7. The van der Waals surface area contributed by atoms with E-state index in [1.54, 1.807) is 18.2 Å². The molecular weight excluding hydrogens is 563 g/mol. The molecule has 0 saturated carbocycles. The molecule has 0 aliphatic carbocycles. The highest BCUT2D eigenvalue weighted by molar-refractivity contribution is 9.10. The van der Waals surface area contributed by atoms with Gasteiger partial charge >= 0.3 is 6.09 Å². The molecule has 0 fully saturated rings. The van der Waals surface area contributed by atoms with Crippen LogP contribution in [0.2, 0.25) is 10.0 Å². The van der Waals surface area contributed by atoms with Crippen LogP contribution in [0, 0.1) is 17.0 Å². The first kappa shape index (κ1) is 24.8. The van der Waals surface area contributed by atoms with Gasteiger partial charge in [0.25, 0.3) is 5.69 Å². The van der Waals surface area contributed by atoms with E-state index in [1.807, 2.05) is 23.6 Å². The average Bonchev–Trinajstić information content (AvgIpc) is 3.13. The predicted octanol–water partition coefficient (Wildman–Crippen LogP) is 6.83. The molecule has 180 valence electrons. The summed E-state index contributed by atoms with van der Waals surface area (Å²) >= 11 is 16.5. The third-order valence-electron chi connectivity index (χ3n) is 5.14. The third-order valence-corrected chi connectivity index (χ3v) is 6.87. The Kier molecular flexibility index (Phi) is 7.15. The number of nitrogens with zero attached hydrogens (tertiary/aromatic N) is 4. The number of aromatic nitrogens is 2. The Labute approximate surface area is 218 Å². The van der Waals surface area contributed by atoms with Gasteiger partial charge in [-0.25, -0.2) is 9.78 Å². The van der Waals surface area contributed by atoms with Crippen molar-refractivity contribution in [1.29, 1.82) is 0 Å². The minimum atomic E-state index is -0.738. The van der Waals surface area contributed by atoms with E-state index in [9.17, 15) is 14.9 Å². The van der Waals surface area contributed by atoms with Crippen molar-refractivity contribution in [3.63, 3.8) is 0 Å². The summed E-state index contributed by atoms with van der Waals surface area (Å²) in [7, 11) is 1.49. The smallest absolute Gasteiger partial charge is 0.419 e. The van der Waals surface area contributed by atoms with Gasteiger partial charge < -0.3 is 9.47 Å². The van der Waals surface area contributed by atoms with Gasteiger partial charge in [0.2, 0.25) is 0 Å². The number of benzene rings is 2. The monoisotopic (exact) mass is 578 g/mol. The molecule has 12 heteroatoms. The van der Waals surface area contributed by atoms with Crippen LogP contribution in [-0.4, -0.2) is 27.4 Å². The van der Waals surface area contributed by atoms with Crippen LogP contribution in [0.3, 0.4) is 0 Å². The van der Waals surface area contributed by atoms with Crippen LogP contribution in [-0.2, 0) is 6.61 Å². The highest BCUT2D eigenvalue weighted by atomic mass is 79.9. The number of amides is 1. The van der Waals surface area contributed by atoms with E-state index in [0.29, 0.717) is 27.7 Å². The molecule has 0 radical (unpaired) electrons. The zero-order chi connectivity index (χ0) is 25.3. The van der Waals surface area contributed by atoms with E-state index in [1.165, 1.54) is 36.2 Å². The van der Waals surface area contributed by atoms with Gasteiger partial charge in [-0.05, 0) is 59.3 Å². The lowest BCUT2D eigenvalue weighted by Crippen LogP contribution is -2.29. The van der Waals surface area contributed by atoms with E-state index in [2.05, 4.69) is 20.9 Å². The molecule has 9 nitrogen and oxygen atoms in total. The van der Waals surface area contributed by atoms with Crippen LogP contribution < -0.4 is 14.4 Å². The summed E-state index contributed by atoms with van der Waals surface area (Å²) in [5, 5.41) is 11.4. The molecule has 0 bridgehead atoms. The lowest BCUT2D eigenvalue weighted by molar-refractivity contribution is -0.384. The normalized spacial score (nSPS) is 10.9. The van der Waals surface area contributed by atoms with Crippen LogP contribution >= 0.6 is 39.1 Å². The molecule has 1 amide bonds. The quantitative estimate of drug-likeness (QED) is 0.183. The van der Waals surface area contributed by atoms with Crippen molar-refractivity contribution in [2.24, 2.45) is 0 Å². The molecule has 0 atom stereocenters. The number of fused-ring (bicyclic) bond motifs is 1. The first-order valence-electron chi connectivity index (χ1n) is 10.1. The number of nitro benzene ring substituents is 1. The Hall–Kier alpha value is -3.34. The number of imidazole rings is 1. The van der Waals surface area contributed by atoms with Gasteiger partial charge in [-0.3, -0.25) is 19.4 Å². The van der Waals surface area contributed by atoms with Crippen molar-refractivity contribution < 1.29 is 19.2 Å². The Morgan fingerprint density at radius 2 is 1.91 bits per heavy atom. The average molecular weight is 580 g/mol. The van der Waals surface area contributed by atoms with Crippen molar-refractivity contribution in [2.75, 3.05) is 11.9 Å². The zero-order valence-corrected chi connectivity index (χ0v) is 21.5. The van der Waals surface area contributed by atoms with Gasteiger partial charge in [-0.1, -0.05) is 23.2 Å². The van der Waals surface area contributed by atoms with Crippen molar-refractivity contribution in [3.05, 3.63) is 90.7 Å². The second kappa shape index (κ2) is 10.1. The van der Waals surface area contributed by atoms with Gasteiger partial charge in [0.15, 0.2) is 11.4 Å². The van der Waals surface area contributed by atoms with E-state index in [4.69, 9.17) is 32.7 Å². The van der Waals surface area contributed by atoms with Crippen LogP contribution in [0.1, 0.15) is 11.3 Å². The Morgan fingerprint density at radius 3 is 2.60 bits per heavy atom. The number of anilines is 1. The zero-order valence-electron chi connectivity index (χ0n) is 18.4. The number of nitro groups is 1. The van der Waals surface area contributed by atoms with Crippen molar-refractivity contribution in [3.8, 4) is 11.5 Å². The minimum Gasteiger partial charge on any atom is -0.485 e. The van der Waals surface area contributed by atoms with Crippen LogP contribution in [0.15, 0.2) is 59.3 Å². The SMILES string of the molecule is Cc1nc2c(OCc3c(Cl)ccc(N(C)C(=O)Oc4ccc([N+](=O)[O-])cc4)c3Cl)cccn2c1Br. The molecule has 35 heavy (non-hydrogen) atoms. The number of hydrogen-bond donors (Lipinski definition) is 0. The van der Waals surface area contributed by atoms with E-state index < -0.39 is 11.0 Å². The molecule has 2 aromatic heterocycles. The molecular formula is C23H17BrCl2N4O5. The Bertz CT molecular complexity index is 1440. The standard InChI is InChI=1S/C23H17BrCl2N4O5/c1-13-21(24)29-11-3-4-19(22(29)27-13)34-12-16-17(25)9-10-18(20(16)26)28(2)23(31)35-15-7-5-14(6-8-15)30(32)33/h3-11H,12H2,1-2H3. The summed E-state index contributed by atoms with van der Waals surface area (Å²) in [4.78, 5) is 28.6. The van der Waals surface area contributed by atoms with Crippen LogP contribution in [0.5, 0.6) is 11.5 Å². The van der Waals surface area contributed by atoms with Gasteiger partial charge in [-0.15, -0.1) is 0 Å². The fourth-order valence-corrected chi connectivity index (χ4v) is 4.25. The third kappa shape index (κ3) is 5.04. The molecule has 0 unspecified atom stereocenters. The molecule has 0 N–H and O–H groups in total. The van der Waals surface area contributed by atoms with Crippen LogP contribution in [0.4, 0.5) is 16.2 Å². The summed E-state index contributed by atoms with van der Waals surface area (Å²) < 4.78 is 14.0. The molecule has 4 rings (SSSR count). The number of pyridine rings is 1. The second-order valence-corrected chi connectivity index (χ2v) is 8.92. The number of non-ortho nitro benzene ring substituents is 1. The number of carbonyl (C=O) groups excluding carboxylic acids is 1. The van der Waals surface area contributed by atoms with Gasteiger partial charge in [-0.2, -0.15) is 0 Å². The van der Waals surface area contributed by atoms with E-state index in [0.717, 1.165) is 10.3 Å². The number of ether oxygens (including phenoxy) is 2. The maximum atomic E-state index is 12.7. The molecule has 0 spiro atoms. The van der Waals surface area contributed by atoms with Crippen molar-refractivity contribution >= 4 is 62.2 Å². The Morgan fingerprint density at radius 1 is 1.20 bits per heavy atom. The van der Waals surface area contributed by atoms with Gasteiger partial charge in [0.05, 0.1) is 21.3 Å². The van der Waals surface area contributed by atoms with Crippen molar-refractivity contribution in [1.82, 2.24) is 9.38 Å². The van der Waals surface area contributed by atoms with Crippen molar-refractivity contribution in [2.45, 2.75) is 13.5 Å². The number of halogens is 3. The summed E-state index contributed by atoms with van der Waals surface area (Å²) in [6, 6.07) is 12.0. The minimum absolute atomic E-state index is 0.0277. The molecule has 0 aliphatic heterocycles. The summed E-state index contributed by atoms with van der Waals surface area (Å²) in [6.45, 7) is 1.91. The summed E-state index contributed by atoms with van der Waals surface area (Å²) in [5.74, 6) is 0.681. The largest absolute Gasteiger partial charge is 0.485 e. The van der Waals surface area contributed by atoms with Gasteiger partial charge in [0.1, 0.15) is 17.0 Å². The first-order valence-corrected chi connectivity index (χ1v) is 11.6. The summed E-state index contributed by atoms with van der Waals surface area (Å²) in [6.07, 6.45) is 1.12. The first-order chi connectivity index (χ1) is 16.7. The molecule has 2 aromatic carbocycles. The second-order valence-electron chi connectivity index (χ2n) is 7.38. The number of carbonyl (C=O) groups is 1. The van der Waals surface area contributed by atoms with Crippen LogP contribution in [0.25, 0.3) is 5.65 Å². The number of rotatable bonds is 6. The highest BCUT2D eigenvalue weighted by Crippen LogP contribution is 2.35. The molecule has 2 heterocycles. The molecule has 0 aliphatic rings. The lowest BCUT2D eigenvalue weighted by Gasteiger charge is -2.20. The van der Waals surface area contributed by atoms with Gasteiger partial charge in [0, 0.05) is 36.0 Å². The highest BCUT2D eigenvalue weighted by Gasteiger charge is 2.21. The predicted molar refractivity (Wildman–Crippen MR) is 136 cm³/mol.